The number of rotatable bonds is 6. The Bertz CT molecular complexity index is 759. The molecule has 2 N–H and O–H groups in total. The maximum Gasteiger partial charge on any atom is 0.307 e. The number of carbonyl (C=O) groups excluding carboxylic acids is 1. The minimum atomic E-state index is -0.0456. The number of nitrogens with zero attached hydrogens (tertiary/aromatic N) is 2. The van der Waals surface area contributed by atoms with Crippen LogP contribution < -0.4 is 5.32 Å². The molecule has 0 radical (unpaired) electrons. The van der Waals surface area contributed by atoms with E-state index in [1.54, 1.807) is 0 Å². The summed E-state index contributed by atoms with van der Waals surface area (Å²) in [6.07, 6.45) is 2.01. The van der Waals surface area contributed by atoms with E-state index in [4.69, 9.17) is 5.41 Å². The minimum Gasteiger partial charge on any atom is -0.358 e. The fraction of sp³-hybridized carbons (Fsp3) is 0.267. The van der Waals surface area contributed by atoms with Crippen molar-refractivity contribution in [2.75, 3.05) is 6.54 Å². The molecule has 0 saturated heterocycles. The molecule has 0 fully saturated rings. The molecule has 1 amide bonds. The van der Waals surface area contributed by atoms with E-state index in [2.05, 4.69) is 40.0 Å². The summed E-state index contributed by atoms with van der Waals surface area (Å²) < 4.78 is 2.15. The van der Waals surface area contributed by atoms with Gasteiger partial charge in [0.2, 0.25) is 0 Å². The number of imidazole rings is 1. The molecule has 1 aromatic heterocycles. The number of hydrogen-bond acceptors (Lipinski definition) is 4. The van der Waals surface area contributed by atoms with Crippen molar-refractivity contribution >= 4 is 61.2 Å². The monoisotopic (exact) mass is 440 g/mol. The van der Waals surface area contributed by atoms with Crippen molar-refractivity contribution in [1.29, 1.82) is 5.41 Å². The maximum atomic E-state index is 11.1. The number of amides is 1. The molecular formula is C15H18BIN4OS. The van der Waals surface area contributed by atoms with Crippen molar-refractivity contribution in [3.8, 4) is 0 Å². The highest BCUT2D eigenvalue weighted by molar-refractivity contribution is 14.1. The third kappa shape index (κ3) is 5.10. The van der Waals surface area contributed by atoms with Gasteiger partial charge in [-0.1, -0.05) is 23.9 Å². The quantitative estimate of drug-likeness (QED) is 0.313. The van der Waals surface area contributed by atoms with E-state index in [0.29, 0.717) is 16.7 Å². The predicted octanol–water partition coefficient (Wildman–Crippen LogP) is 3.37. The Labute approximate surface area is 153 Å². The molecule has 0 aliphatic carbocycles. The number of nitrogens with one attached hydrogen (secondary N) is 2. The molecule has 0 aliphatic heterocycles. The summed E-state index contributed by atoms with van der Waals surface area (Å²) in [6, 6.07) is 6.26. The first-order chi connectivity index (χ1) is 11.0. The Morgan fingerprint density at radius 1 is 1.52 bits per heavy atom. The van der Waals surface area contributed by atoms with E-state index >= 15 is 0 Å². The van der Waals surface area contributed by atoms with Crippen LogP contribution in [0, 0.1) is 19.3 Å². The summed E-state index contributed by atoms with van der Waals surface area (Å²) >= 11 is 3.32. The van der Waals surface area contributed by atoms with Crippen LogP contribution in [0.5, 0.6) is 0 Å². The molecule has 0 unspecified atom stereocenters. The van der Waals surface area contributed by atoms with Gasteiger partial charge in [-0.25, -0.2) is 4.98 Å². The lowest BCUT2D eigenvalue weighted by Gasteiger charge is -2.04. The zero-order valence-electron chi connectivity index (χ0n) is 13.1. The summed E-state index contributed by atoms with van der Waals surface area (Å²) in [7, 11) is 0. The SMILES string of the molecule is Cc1ccc2c(c1)nc(C)n2C/C=C/SC(=N)CNC(=O)BI. The van der Waals surface area contributed by atoms with Crippen molar-refractivity contribution in [2.45, 2.75) is 20.4 Å². The summed E-state index contributed by atoms with van der Waals surface area (Å²) in [5.41, 5.74) is 3.33. The van der Waals surface area contributed by atoms with E-state index in [1.165, 1.54) is 17.3 Å². The number of fused-ring (bicyclic) bond motifs is 1. The van der Waals surface area contributed by atoms with Crippen LogP contribution in [-0.2, 0) is 6.54 Å². The summed E-state index contributed by atoms with van der Waals surface area (Å²) in [4.78, 5) is 15.7. The van der Waals surface area contributed by atoms with Gasteiger partial charge in [0.25, 0.3) is 0 Å². The highest BCUT2D eigenvalue weighted by Crippen LogP contribution is 2.17. The Balaban J connectivity index is 1.92. The van der Waals surface area contributed by atoms with Crippen LogP contribution >= 0.6 is 34.1 Å². The highest BCUT2D eigenvalue weighted by atomic mass is 127. The number of aromatic nitrogens is 2. The molecule has 0 spiro atoms. The molecule has 2 rings (SSSR count). The van der Waals surface area contributed by atoms with E-state index < -0.39 is 0 Å². The number of benzene rings is 1. The Kier molecular flexibility index (Phi) is 6.70. The molecule has 23 heavy (non-hydrogen) atoms. The zero-order chi connectivity index (χ0) is 16.8. The van der Waals surface area contributed by atoms with Gasteiger partial charge in [0.15, 0.2) is 5.81 Å². The first-order valence-corrected chi connectivity index (χ1v) is 9.57. The van der Waals surface area contributed by atoms with Crippen molar-refractivity contribution in [1.82, 2.24) is 14.9 Å². The molecule has 0 aliphatic rings. The molecule has 0 atom stereocenters. The molecule has 2 aromatic rings. The average molecular weight is 440 g/mol. The molecule has 0 bridgehead atoms. The number of thioether (sulfide) groups is 1. The van der Waals surface area contributed by atoms with E-state index in [0.717, 1.165) is 16.9 Å². The second kappa shape index (κ2) is 8.53. The van der Waals surface area contributed by atoms with Crippen molar-refractivity contribution in [3.05, 3.63) is 41.1 Å². The normalized spacial score (nSPS) is 11.1. The van der Waals surface area contributed by atoms with E-state index in [9.17, 15) is 4.79 Å². The molecular weight excluding hydrogens is 422 g/mol. The van der Waals surface area contributed by atoms with Gasteiger partial charge in [-0.3, -0.25) is 10.2 Å². The molecule has 120 valence electrons. The van der Waals surface area contributed by atoms with Gasteiger partial charge in [-0.05, 0) is 37.0 Å². The number of carbonyl (C=O) groups is 1. The van der Waals surface area contributed by atoms with Crippen LogP contribution in [0.4, 0.5) is 4.79 Å². The lowest BCUT2D eigenvalue weighted by atomic mass is 10.1. The van der Waals surface area contributed by atoms with Gasteiger partial charge in [0.1, 0.15) is 5.82 Å². The zero-order valence-corrected chi connectivity index (χ0v) is 16.1. The van der Waals surface area contributed by atoms with E-state index in [1.807, 2.05) is 40.8 Å². The summed E-state index contributed by atoms with van der Waals surface area (Å²) in [6.45, 7) is 5.06. The van der Waals surface area contributed by atoms with Crippen LogP contribution in [0.3, 0.4) is 0 Å². The number of halogens is 1. The number of aryl methyl sites for hydroxylation is 2. The highest BCUT2D eigenvalue weighted by Gasteiger charge is 2.06. The lowest BCUT2D eigenvalue weighted by molar-refractivity contribution is 0.260. The second-order valence-corrected chi connectivity index (χ2v) is 6.85. The van der Waals surface area contributed by atoms with Gasteiger partial charge >= 0.3 is 5.14 Å². The van der Waals surface area contributed by atoms with Gasteiger partial charge in [0.05, 0.1) is 22.6 Å². The standard InChI is InChI=1S/C15H18BIN4OS/c1-10-4-5-13-12(8-10)20-11(2)21(13)6-3-7-23-14(18)9-19-15(22)16-17/h3-5,7-8,16,18H,6,9H2,1-2H3,(H,19,22)/b7-3+,18-14?. The topological polar surface area (TPSA) is 70.8 Å². The average Bonchev–Trinajstić information content (AvgIpc) is 2.83. The molecule has 1 aromatic carbocycles. The number of allylic oxidation sites excluding steroid dienone is 1. The van der Waals surface area contributed by atoms with Crippen LogP contribution in [0.1, 0.15) is 11.4 Å². The predicted molar refractivity (Wildman–Crippen MR) is 108 cm³/mol. The third-order valence-electron chi connectivity index (χ3n) is 3.26. The Morgan fingerprint density at radius 3 is 3.04 bits per heavy atom. The molecule has 1 heterocycles. The third-order valence-corrected chi connectivity index (χ3v) is 4.71. The van der Waals surface area contributed by atoms with Crippen molar-refractivity contribution in [2.24, 2.45) is 0 Å². The second-order valence-electron chi connectivity index (χ2n) is 5.08. The fourth-order valence-electron chi connectivity index (χ4n) is 2.14. The van der Waals surface area contributed by atoms with Crippen molar-refractivity contribution < 1.29 is 4.79 Å². The van der Waals surface area contributed by atoms with Crippen molar-refractivity contribution in [3.63, 3.8) is 0 Å². The van der Waals surface area contributed by atoms with E-state index in [-0.39, 0.29) is 12.4 Å². The Hall–Kier alpha value is -1.29. The molecule has 8 heteroatoms. The first-order valence-electron chi connectivity index (χ1n) is 7.16. The minimum absolute atomic E-state index is 0.0456. The largest absolute Gasteiger partial charge is 0.358 e. The van der Waals surface area contributed by atoms with Gasteiger partial charge < -0.3 is 9.88 Å². The smallest absolute Gasteiger partial charge is 0.307 e. The van der Waals surface area contributed by atoms with Gasteiger partial charge in [-0.2, -0.15) is 0 Å². The van der Waals surface area contributed by atoms with Crippen LogP contribution in [0.2, 0.25) is 0 Å². The number of hydrogen-bond donors (Lipinski definition) is 2. The van der Waals surface area contributed by atoms with Crippen LogP contribution in [0.25, 0.3) is 11.0 Å². The first kappa shape index (κ1) is 18.1. The van der Waals surface area contributed by atoms with Gasteiger partial charge in [-0.15, -0.1) is 22.4 Å². The summed E-state index contributed by atoms with van der Waals surface area (Å²) in [5, 5.41) is 13.2. The Morgan fingerprint density at radius 2 is 2.30 bits per heavy atom. The van der Waals surface area contributed by atoms with Crippen LogP contribution in [-0.4, -0.2) is 32.1 Å². The maximum absolute atomic E-state index is 11.1. The van der Waals surface area contributed by atoms with Crippen LogP contribution in [0.15, 0.2) is 29.7 Å². The van der Waals surface area contributed by atoms with Gasteiger partial charge in [0, 0.05) is 6.54 Å². The lowest BCUT2D eigenvalue weighted by Crippen LogP contribution is -2.28. The molecule has 0 saturated carbocycles. The summed E-state index contributed by atoms with van der Waals surface area (Å²) in [5.74, 6) is 0.931. The fourth-order valence-corrected chi connectivity index (χ4v) is 2.91. The molecule has 5 nitrogen and oxygen atoms in total.